The molecular formula is C22H26N4O3. The highest BCUT2D eigenvalue weighted by Crippen LogP contribution is 2.33. The summed E-state index contributed by atoms with van der Waals surface area (Å²) in [5, 5.41) is 16.2. The molecule has 2 aliphatic carbocycles. The lowest BCUT2D eigenvalue weighted by molar-refractivity contribution is -0.127. The lowest BCUT2D eigenvalue weighted by Gasteiger charge is -2.31. The van der Waals surface area contributed by atoms with E-state index in [9.17, 15) is 14.9 Å². The van der Waals surface area contributed by atoms with Crippen LogP contribution < -0.4 is 15.4 Å². The van der Waals surface area contributed by atoms with Crippen LogP contribution in [0.25, 0.3) is 10.9 Å². The number of fused-ring (bicyclic) bond motifs is 1. The maximum atomic E-state index is 12.8. The largest absolute Gasteiger partial charge is 0.497 e. The second kappa shape index (κ2) is 8.16. The van der Waals surface area contributed by atoms with Crippen LogP contribution in [0.5, 0.6) is 5.75 Å². The van der Waals surface area contributed by atoms with Gasteiger partial charge in [-0.2, -0.15) is 5.26 Å². The number of rotatable bonds is 6. The normalized spacial score (nSPS) is 22.5. The van der Waals surface area contributed by atoms with Crippen molar-refractivity contribution in [3.63, 3.8) is 0 Å². The molecule has 2 aromatic rings. The molecule has 3 atom stereocenters. The number of hydrogen-bond donors (Lipinski definition) is 3. The number of carbonyl (C=O) groups excluding carboxylic acids is 2. The first kappa shape index (κ1) is 19.3. The van der Waals surface area contributed by atoms with Gasteiger partial charge in [-0.1, -0.05) is 12.8 Å². The summed E-state index contributed by atoms with van der Waals surface area (Å²) in [6, 6.07) is 8.98. The first-order valence-corrected chi connectivity index (χ1v) is 10.3. The Morgan fingerprint density at radius 3 is 2.72 bits per heavy atom. The molecule has 1 unspecified atom stereocenters. The van der Waals surface area contributed by atoms with Gasteiger partial charge in [-0.05, 0) is 49.8 Å². The highest BCUT2D eigenvalue weighted by molar-refractivity contribution is 5.98. The van der Waals surface area contributed by atoms with E-state index in [4.69, 9.17) is 4.74 Å². The minimum atomic E-state index is -0.413. The van der Waals surface area contributed by atoms with Crippen molar-refractivity contribution >= 4 is 22.7 Å². The molecule has 1 aromatic carbocycles. The number of aromatic nitrogens is 1. The van der Waals surface area contributed by atoms with Crippen molar-refractivity contribution in [3.05, 3.63) is 30.0 Å². The Labute approximate surface area is 169 Å². The van der Waals surface area contributed by atoms with Crippen LogP contribution in [0.4, 0.5) is 0 Å². The average Bonchev–Trinajstić information content (AvgIpc) is 3.49. The van der Waals surface area contributed by atoms with E-state index in [1.165, 1.54) is 0 Å². The maximum Gasteiger partial charge on any atom is 0.267 e. The number of amides is 2. The number of hydrogen-bond acceptors (Lipinski definition) is 4. The van der Waals surface area contributed by atoms with Gasteiger partial charge < -0.3 is 20.4 Å². The first-order chi connectivity index (χ1) is 14.1. The van der Waals surface area contributed by atoms with Crippen molar-refractivity contribution < 1.29 is 14.3 Å². The molecule has 7 nitrogen and oxygen atoms in total. The number of nitriles is 1. The molecule has 4 rings (SSSR count). The molecule has 2 amide bonds. The number of ether oxygens (including phenoxy) is 1. The van der Waals surface area contributed by atoms with Gasteiger partial charge in [0.2, 0.25) is 5.91 Å². The second-order valence-electron chi connectivity index (χ2n) is 8.06. The van der Waals surface area contributed by atoms with Gasteiger partial charge in [0, 0.05) is 23.0 Å². The number of carbonyl (C=O) groups is 2. The highest BCUT2D eigenvalue weighted by atomic mass is 16.5. The third kappa shape index (κ3) is 4.21. The number of nitrogens with one attached hydrogen (secondary N) is 3. The SMILES string of the molecule is COc1ccc2cc(C(=O)NC3CCCC[C@H]3C(=O)N[C@H](C#N)C3CC3)[nH]c2c1. The van der Waals surface area contributed by atoms with Crippen LogP contribution in [0.1, 0.15) is 49.0 Å². The predicted molar refractivity (Wildman–Crippen MR) is 108 cm³/mol. The van der Waals surface area contributed by atoms with Gasteiger partial charge in [-0.15, -0.1) is 0 Å². The fourth-order valence-corrected chi connectivity index (χ4v) is 4.16. The summed E-state index contributed by atoms with van der Waals surface area (Å²) in [6.07, 6.45) is 5.41. The molecule has 0 radical (unpaired) electrons. The predicted octanol–water partition coefficient (Wildman–Crippen LogP) is 2.88. The molecule has 0 aliphatic heterocycles. The van der Waals surface area contributed by atoms with Crippen LogP contribution in [0.3, 0.4) is 0 Å². The standard InChI is InChI=1S/C22H26N4O3/c1-29-15-9-8-14-10-19(24-18(14)11-15)22(28)25-17-5-3-2-4-16(17)21(27)26-20(12-23)13-6-7-13/h8-11,13,16-17,20,24H,2-7H2,1H3,(H,25,28)(H,26,27)/t16-,17?,20-/m1/s1. The summed E-state index contributed by atoms with van der Waals surface area (Å²) < 4.78 is 5.23. The Kier molecular flexibility index (Phi) is 5.43. The zero-order valence-corrected chi connectivity index (χ0v) is 16.5. The molecule has 1 heterocycles. The minimum Gasteiger partial charge on any atom is -0.497 e. The zero-order valence-electron chi connectivity index (χ0n) is 16.5. The van der Waals surface area contributed by atoms with Crippen LogP contribution in [0.2, 0.25) is 0 Å². The van der Waals surface area contributed by atoms with Crippen LogP contribution in [-0.2, 0) is 4.79 Å². The summed E-state index contributed by atoms with van der Waals surface area (Å²) in [7, 11) is 1.60. The van der Waals surface area contributed by atoms with E-state index >= 15 is 0 Å². The third-order valence-corrected chi connectivity index (χ3v) is 6.02. The second-order valence-corrected chi connectivity index (χ2v) is 8.06. The van der Waals surface area contributed by atoms with Crippen LogP contribution in [0.15, 0.2) is 24.3 Å². The molecular weight excluding hydrogens is 368 g/mol. The van der Waals surface area contributed by atoms with E-state index in [0.717, 1.165) is 55.2 Å². The summed E-state index contributed by atoms with van der Waals surface area (Å²) >= 11 is 0. The zero-order chi connectivity index (χ0) is 20.4. The summed E-state index contributed by atoms with van der Waals surface area (Å²) in [6.45, 7) is 0. The summed E-state index contributed by atoms with van der Waals surface area (Å²) in [5.41, 5.74) is 1.29. The quantitative estimate of drug-likeness (QED) is 0.700. The molecule has 152 valence electrons. The molecule has 3 N–H and O–H groups in total. The summed E-state index contributed by atoms with van der Waals surface area (Å²) in [5.74, 6) is 0.368. The monoisotopic (exact) mass is 394 g/mol. The Morgan fingerprint density at radius 2 is 2.00 bits per heavy atom. The molecule has 2 fully saturated rings. The number of aromatic amines is 1. The van der Waals surface area contributed by atoms with E-state index in [2.05, 4.69) is 21.7 Å². The van der Waals surface area contributed by atoms with Crippen molar-refractivity contribution in [2.45, 2.75) is 50.6 Å². The van der Waals surface area contributed by atoms with Gasteiger partial charge in [0.15, 0.2) is 0 Å². The van der Waals surface area contributed by atoms with E-state index in [0.29, 0.717) is 5.69 Å². The fourth-order valence-electron chi connectivity index (χ4n) is 4.16. The Hall–Kier alpha value is -3.01. The molecule has 1 aromatic heterocycles. The van der Waals surface area contributed by atoms with Crippen molar-refractivity contribution in [2.24, 2.45) is 11.8 Å². The van der Waals surface area contributed by atoms with Gasteiger partial charge in [0.25, 0.3) is 5.91 Å². The summed E-state index contributed by atoms with van der Waals surface area (Å²) in [4.78, 5) is 28.8. The Bertz CT molecular complexity index is 957. The fraction of sp³-hybridized carbons (Fsp3) is 0.500. The van der Waals surface area contributed by atoms with E-state index < -0.39 is 6.04 Å². The van der Waals surface area contributed by atoms with Gasteiger partial charge in [-0.25, -0.2) is 0 Å². The third-order valence-electron chi connectivity index (χ3n) is 6.02. The van der Waals surface area contributed by atoms with Crippen LogP contribution >= 0.6 is 0 Å². The van der Waals surface area contributed by atoms with Crippen molar-refractivity contribution in [2.75, 3.05) is 7.11 Å². The first-order valence-electron chi connectivity index (χ1n) is 10.3. The topological polar surface area (TPSA) is 107 Å². The molecule has 2 aliphatic rings. The van der Waals surface area contributed by atoms with Crippen molar-refractivity contribution in [1.29, 1.82) is 5.26 Å². The van der Waals surface area contributed by atoms with Crippen molar-refractivity contribution in [3.8, 4) is 11.8 Å². The van der Waals surface area contributed by atoms with Gasteiger partial charge in [0.1, 0.15) is 17.5 Å². The van der Waals surface area contributed by atoms with Gasteiger partial charge in [-0.3, -0.25) is 9.59 Å². The smallest absolute Gasteiger partial charge is 0.267 e. The molecule has 0 spiro atoms. The van der Waals surface area contributed by atoms with Gasteiger partial charge >= 0.3 is 0 Å². The van der Waals surface area contributed by atoms with Crippen LogP contribution in [-0.4, -0.2) is 36.0 Å². The van der Waals surface area contributed by atoms with Crippen LogP contribution in [0, 0.1) is 23.2 Å². The molecule has 0 saturated heterocycles. The number of nitrogens with zero attached hydrogens (tertiary/aromatic N) is 1. The van der Waals surface area contributed by atoms with Crippen molar-refractivity contribution in [1.82, 2.24) is 15.6 Å². The molecule has 2 saturated carbocycles. The Balaban J connectivity index is 1.45. The molecule has 7 heteroatoms. The Morgan fingerprint density at radius 1 is 1.21 bits per heavy atom. The highest BCUT2D eigenvalue weighted by Gasteiger charge is 2.37. The lowest BCUT2D eigenvalue weighted by atomic mass is 9.83. The van der Waals surface area contributed by atoms with Gasteiger partial charge in [0.05, 0.1) is 19.1 Å². The van der Waals surface area contributed by atoms with E-state index in [-0.39, 0.29) is 29.7 Å². The maximum absolute atomic E-state index is 12.8. The minimum absolute atomic E-state index is 0.116. The number of H-pyrrole nitrogens is 1. The van der Waals surface area contributed by atoms with E-state index in [1.54, 1.807) is 13.2 Å². The lowest BCUT2D eigenvalue weighted by Crippen LogP contribution is -2.50. The number of benzene rings is 1. The number of methoxy groups -OCH3 is 1. The molecule has 0 bridgehead atoms. The molecule has 29 heavy (non-hydrogen) atoms. The van der Waals surface area contributed by atoms with E-state index in [1.807, 2.05) is 18.2 Å². The average molecular weight is 394 g/mol.